The van der Waals surface area contributed by atoms with Gasteiger partial charge in [-0.15, -0.1) is 0 Å². The molecular weight excluding hydrogens is 325 g/mol. The molecule has 0 unspecified atom stereocenters. The standard InChI is InChI=1S/C18H20FN3O3/c19-15-2-4-16(5-3-15)25-13-17(23)21-8-1-9-22(11-10-21)18(24)14-6-7-20-12-14/h2-7,12,20H,1,8-11,13H2. The molecule has 1 aromatic heterocycles. The van der Waals surface area contributed by atoms with E-state index in [0.29, 0.717) is 37.5 Å². The Morgan fingerprint density at radius 1 is 1.04 bits per heavy atom. The number of benzene rings is 1. The van der Waals surface area contributed by atoms with Gasteiger partial charge in [0.2, 0.25) is 0 Å². The molecule has 1 aromatic carbocycles. The zero-order valence-corrected chi connectivity index (χ0v) is 13.8. The summed E-state index contributed by atoms with van der Waals surface area (Å²) in [4.78, 5) is 31.0. The molecule has 1 N–H and O–H groups in total. The molecule has 0 spiro atoms. The van der Waals surface area contributed by atoms with Crippen LogP contribution in [0.15, 0.2) is 42.7 Å². The Morgan fingerprint density at radius 3 is 2.48 bits per heavy atom. The first-order chi connectivity index (χ1) is 12.1. The number of aromatic amines is 1. The fraction of sp³-hybridized carbons (Fsp3) is 0.333. The van der Waals surface area contributed by atoms with E-state index in [-0.39, 0.29) is 24.2 Å². The second-order valence-corrected chi connectivity index (χ2v) is 5.87. The van der Waals surface area contributed by atoms with Crippen LogP contribution in [0.4, 0.5) is 4.39 Å². The summed E-state index contributed by atoms with van der Waals surface area (Å²) in [6, 6.07) is 7.30. The van der Waals surface area contributed by atoms with Crippen LogP contribution in [-0.4, -0.2) is 59.4 Å². The van der Waals surface area contributed by atoms with Crippen molar-refractivity contribution in [1.82, 2.24) is 14.8 Å². The predicted molar refractivity (Wildman–Crippen MR) is 89.8 cm³/mol. The topological polar surface area (TPSA) is 65.6 Å². The smallest absolute Gasteiger partial charge is 0.260 e. The summed E-state index contributed by atoms with van der Waals surface area (Å²) in [6.45, 7) is 2.07. The van der Waals surface area contributed by atoms with E-state index >= 15 is 0 Å². The van der Waals surface area contributed by atoms with Crippen molar-refractivity contribution in [3.05, 3.63) is 54.1 Å². The third-order valence-corrected chi connectivity index (χ3v) is 4.16. The van der Waals surface area contributed by atoms with E-state index in [4.69, 9.17) is 4.74 Å². The van der Waals surface area contributed by atoms with Gasteiger partial charge in [-0.2, -0.15) is 0 Å². The molecule has 25 heavy (non-hydrogen) atoms. The molecule has 0 radical (unpaired) electrons. The Kier molecular flexibility index (Phi) is 5.33. The van der Waals surface area contributed by atoms with Crippen LogP contribution >= 0.6 is 0 Å². The Morgan fingerprint density at radius 2 is 1.76 bits per heavy atom. The molecule has 0 bridgehead atoms. The summed E-state index contributed by atoms with van der Waals surface area (Å²) in [7, 11) is 0. The van der Waals surface area contributed by atoms with Crippen molar-refractivity contribution in [2.45, 2.75) is 6.42 Å². The van der Waals surface area contributed by atoms with Gasteiger partial charge >= 0.3 is 0 Å². The first-order valence-corrected chi connectivity index (χ1v) is 8.22. The number of carbonyl (C=O) groups is 2. The van der Waals surface area contributed by atoms with Gasteiger partial charge < -0.3 is 19.5 Å². The van der Waals surface area contributed by atoms with Gasteiger partial charge in [-0.1, -0.05) is 0 Å². The Hall–Kier alpha value is -2.83. The molecule has 1 aliphatic rings. The predicted octanol–water partition coefficient (Wildman–Crippen LogP) is 1.91. The van der Waals surface area contributed by atoms with E-state index < -0.39 is 0 Å². The number of rotatable bonds is 4. The Labute approximate surface area is 145 Å². The normalized spacial score (nSPS) is 14.9. The maximum absolute atomic E-state index is 12.9. The molecule has 132 valence electrons. The molecule has 2 heterocycles. The lowest BCUT2D eigenvalue weighted by Crippen LogP contribution is -2.39. The molecule has 1 aliphatic heterocycles. The highest BCUT2D eigenvalue weighted by Gasteiger charge is 2.23. The van der Waals surface area contributed by atoms with Gasteiger partial charge in [0.1, 0.15) is 11.6 Å². The number of H-pyrrole nitrogens is 1. The van der Waals surface area contributed by atoms with Crippen LogP contribution in [-0.2, 0) is 4.79 Å². The number of hydrogen-bond acceptors (Lipinski definition) is 3. The first-order valence-electron chi connectivity index (χ1n) is 8.22. The first kappa shape index (κ1) is 17.0. The highest BCUT2D eigenvalue weighted by atomic mass is 19.1. The molecule has 1 saturated heterocycles. The van der Waals surface area contributed by atoms with Crippen LogP contribution in [0, 0.1) is 5.82 Å². The highest BCUT2D eigenvalue weighted by molar-refractivity contribution is 5.94. The van der Waals surface area contributed by atoms with E-state index in [1.807, 2.05) is 0 Å². The summed E-state index contributed by atoms with van der Waals surface area (Å²) in [5.41, 5.74) is 0.624. The average molecular weight is 345 g/mol. The van der Waals surface area contributed by atoms with Crippen LogP contribution in [0.5, 0.6) is 5.75 Å². The maximum Gasteiger partial charge on any atom is 0.260 e. The molecule has 6 nitrogen and oxygen atoms in total. The third kappa shape index (κ3) is 4.37. The number of halogens is 1. The number of nitrogens with one attached hydrogen (secondary N) is 1. The van der Waals surface area contributed by atoms with Crippen molar-refractivity contribution in [1.29, 1.82) is 0 Å². The molecule has 2 amide bonds. The summed E-state index contributed by atoms with van der Waals surface area (Å²) in [5.74, 6) is -0.0643. The number of hydrogen-bond donors (Lipinski definition) is 1. The minimum atomic E-state index is -0.349. The number of aromatic nitrogens is 1. The van der Waals surface area contributed by atoms with Gasteiger partial charge in [0, 0.05) is 38.6 Å². The van der Waals surface area contributed by atoms with Crippen LogP contribution in [0.3, 0.4) is 0 Å². The molecule has 0 atom stereocenters. The second-order valence-electron chi connectivity index (χ2n) is 5.87. The van der Waals surface area contributed by atoms with Crippen LogP contribution in [0.25, 0.3) is 0 Å². The number of carbonyl (C=O) groups excluding carboxylic acids is 2. The molecular formula is C18H20FN3O3. The molecule has 1 fully saturated rings. The lowest BCUT2D eigenvalue weighted by atomic mass is 10.3. The van der Waals surface area contributed by atoms with Gasteiger partial charge in [0.15, 0.2) is 6.61 Å². The molecule has 2 aromatic rings. The average Bonchev–Trinajstić information content (AvgIpc) is 3.05. The van der Waals surface area contributed by atoms with Crippen LogP contribution in [0.2, 0.25) is 0 Å². The van der Waals surface area contributed by atoms with Crippen LogP contribution < -0.4 is 4.74 Å². The minimum Gasteiger partial charge on any atom is -0.484 e. The summed E-state index contributed by atoms with van der Waals surface area (Å²) in [6.07, 6.45) is 4.11. The zero-order chi connectivity index (χ0) is 17.6. The Balaban J connectivity index is 1.51. The van der Waals surface area contributed by atoms with Crippen molar-refractivity contribution in [3.8, 4) is 5.75 Å². The minimum absolute atomic E-state index is 0.0295. The summed E-state index contributed by atoms with van der Waals surface area (Å²) >= 11 is 0. The molecule has 0 aliphatic carbocycles. The quantitative estimate of drug-likeness (QED) is 0.921. The van der Waals surface area contributed by atoms with E-state index in [9.17, 15) is 14.0 Å². The lowest BCUT2D eigenvalue weighted by Gasteiger charge is -2.22. The van der Waals surface area contributed by atoms with E-state index in [1.54, 1.807) is 28.3 Å². The SMILES string of the molecule is O=C(COc1ccc(F)cc1)N1CCCN(C(=O)c2cc[nH]c2)CC1. The van der Waals surface area contributed by atoms with E-state index in [0.717, 1.165) is 6.42 Å². The van der Waals surface area contributed by atoms with Gasteiger partial charge in [0.05, 0.1) is 5.56 Å². The number of amides is 2. The maximum atomic E-state index is 12.9. The number of nitrogens with zero attached hydrogens (tertiary/aromatic N) is 2. The summed E-state index contributed by atoms with van der Waals surface area (Å²) < 4.78 is 18.3. The third-order valence-electron chi connectivity index (χ3n) is 4.16. The van der Waals surface area contributed by atoms with Gasteiger partial charge in [-0.25, -0.2) is 4.39 Å². The van der Waals surface area contributed by atoms with Crippen molar-refractivity contribution in [3.63, 3.8) is 0 Å². The monoisotopic (exact) mass is 345 g/mol. The fourth-order valence-corrected chi connectivity index (χ4v) is 2.78. The van der Waals surface area contributed by atoms with Crippen molar-refractivity contribution >= 4 is 11.8 Å². The molecule has 0 saturated carbocycles. The van der Waals surface area contributed by atoms with Crippen molar-refractivity contribution in [2.75, 3.05) is 32.8 Å². The lowest BCUT2D eigenvalue weighted by molar-refractivity contribution is -0.133. The molecule has 3 rings (SSSR count). The van der Waals surface area contributed by atoms with Gasteiger partial charge in [0.25, 0.3) is 11.8 Å². The second kappa shape index (κ2) is 7.83. The van der Waals surface area contributed by atoms with Crippen molar-refractivity contribution in [2.24, 2.45) is 0 Å². The molecule has 7 heteroatoms. The zero-order valence-electron chi connectivity index (χ0n) is 13.8. The van der Waals surface area contributed by atoms with E-state index in [2.05, 4.69) is 4.98 Å². The highest BCUT2D eigenvalue weighted by Crippen LogP contribution is 2.12. The Bertz CT molecular complexity index is 716. The summed E-state index contributed by atoms with van der Waals surface area (Å²) in [5, 5.41) is 0. The van der Waals surface area contributed by atoms with Gasteiger partial charge in [-0.3, -0.25) is 9.59 Å². The largest absolute Gasteiger partial charge is 0.484 e. The van der Waals surface area contributed by atoms with Gasteiger partial charge in [-0.05, 0) is 36.8 Å². The van der Waals surface area contributed by atoms with Crippen LogP contribution in [0.1, 0.15) is 16.8 Å². The fourth-order valence-electron chi connectivity index (χ4n) is 2.78. The van der Waals surface area contributed by atoms with Crippen molar-refractivity contribution < 1.29 is 18.7 Å². The van der Waals surface area contributed by atoms with E-state index in [1.165, 1.54) is 24.3 Å². The number of ether oxygens (including phenoxy) is 1.